The minimum Gasteiger partial charge on any atom is -0.306 e. The van der Waals surface area contributed by atoms with Gasteiger partial charge in [-0.2, -0.15) is 0 Å². The number of alkyl halides is 1. The van der Waals surface area contributed by atoms with Gasteiger partial charge in [-0.1, -0.05) is 17.7 Å². The van der Waals surface area contributed by atoms with Gasteiger partial charge in [-0.15, -0.1) is 11.6 Å². The molecule has 0 aliphatic carbocycles. The Morgan fingerprint density at radius 3 is 2.24 bits per heavy atom. The molecule has 1 fully saturated rings. The van der Waals surface area contributed by atoms with Crippen molar-refractivity contribution in [2.24, 2.45) is 0 Å². The van der Waals surface area contributed by atoms with E-state index in [4.69, 9.17) is 11.6 Å². The van der Waals surface area contributed by atoms with E-state index >= 15 is 0 Å². The van der Waals surface area contributed by atoms with Crippen LogP contribution in [0.5, 0.6) is 0 Å². The normalized spacial score (nSPS) is 19.2. The van der Waals surface area contributed by atoms with E-state index in [1.165, 1.54) is 48.2 Å². The molecular formula is C18H29ClN2. The Hall–Kier alpha value is -0.570. The highest BCUT2D eigenvalue weighted by Gasteiger charge is 2.23. The Kier molecular flexibility index (Phi) is 5.70. The molecule has 0 bridgehead atoms. The highest BCUT2D eigenvalue weighted by molar-refractivity contribution is 6.21. The molecule has 118 valence electrons. The summed E-state index contributed by atoms with van der Waals surface area (Å²) in [4.78, 5) is 4.88. The average Bonchev–Trinajstić information content (AvgIpc) is 2.37. The second-order valence-corrected chi connectivity index (χ2v) is 7.28. The number of nitrogens with zero attached hydrogens (tertiary/aromatic N) is 2. The molecule has 1 heterocycles. The summed E-state index contributed by atoms with van der Waals surface area (Å²) in [6, 6.07) is 5.16. The van der Waals surface area contributed by atoms with Crippen molar-refractivity contribution in [3.05, 3.63) is 34.4 Å². The largest absolute Gasteiger partial charge is 0.306 e. The molecule has 2 rings (SSSR count). The lowest BCUT2D eigenvalue weighted by Crippen LogP contribution is -2.42. The monoisotopic (exact) mass is 308 g/mol. The van der Waals surface area contributed by atoms with Crippen LogP contribution in [-0.4, -0.2) is 49.6 Å². The second kappa shape index (κ2) is 7.13. The SMILES string of the molecule is Cc1cc(C)c(C(Cl)CN(C)C2CCN(C)CC2)c(C)c1. The molecule has 1 aromatic carbocycles. The predicted octanol–water partition coefficient (Wildman–Crippen LogP) is 3.92. The summed E-state index contributed by atoms with van der Waals surface area (Å²) in [5.41, 5.74) is 5.29. The van der Waals surface area contributed by atoms with E-state index in [-0.39, 0.29) is 5.38 Å². The first-order valence-electron chi connectivity index (χ1n) is 7.99. The van der Waals surface area contributed by atoms with Crippen LogP contribution in [0.3, 0.4) is 0 Å². The molecule has 21 heavy (non-hydrogen) atoms. The number of hydrogen-bond acceptors (Lipinski definition) is 2. The van der Waals surface area contributed by atoms with Crippen molar-refractivity contribution in [1.29, 1.82) is 0 Å². The Morgan fingerprint density at radius 1 is 1.19 bits per heavy atom. The minimum atomic E-state index is 0.0789. The van der Waals surface area contributed by atoms with Gasteiger partial charge in [0.2, 0.25) is 0 Å². The molecule has 1 unspecified atom stereocenters. The molecule has 1 aliphatic heterocycles. The molecule has 0 spiro atoms. The molecule has 1 saturated heterocycles. The van der Waals surface area contributed by atoms with Gasteiger partial charge < -0.3 is 9.80 Å². The van der Waals surface area contributed by atoms with Crippen LogP contribution in [0, 0.1) is 20.8 Å². The quantitative estimate of drug-likeness (QED) is 0.778. The molecule has 1 aromatic rings. The van der Waals surface area contributed by atoms with E-state index in [9.17, 15) is 0 Å². The summed E-state index contributed by atoms with van der Waals surface area (Å²) in [6.45, 7) is 9.84. The maximum absolute atomic E-state index is 6.76. The van der Waals surface area contributed by atoms with Crippen LogP contribution in [0.2, 0.25) is 0 Å². The van der Waals surface area contributed by atoms with Gasteiger partial charge in [0.05, 0.1) is 5.38 Å². The highest BCUT2D eigenvalue weighted by Crippen LogP contribution is 2.30. The smallest absolute Gasteiger partial charge is 0.0717 e. The summed E-state index contributed by atoms with van der Waals surface area (Å²) < 4.78 is 0. The molecule has 0 radical (unpaired) electrons. The lowest BCUT2D eigenvalue weighted by molar-refractivity contribution is 0.144. The molecule has 1 atom stereocenters. The number of rotatable bonds is 4. The lowest BCUT2D eigenvalue weighted by Gasteiger charge is -2.36. The molecule has 3 heteroatoms. The van der Waals surface area contributed by atoms with Crippen molar-refractivity contribution in [3.8, 4) is 0 Å². The van der Waals surface area contributed by atoms with Crippen LogP contribution in [0.4, 0.5) is 0 Å². The Morgan fingerprint density at radius 2 is 1.71 bits per heavy atom. The third-order valence-electron chi connectivity index (χ3n) is 4.81. The van der Waals surface area contributed by atoms with Gasteiger partial charge in [-0.05, 0) is 77.5 Å². The van der Waals surface area contributed by atoms with Crippen LogP contribution in [0.15, 0.2) is 12.1 Å². The number of benzene rings is 1. The van der Waals surface area contributed by atoms with Gasteiger partial charge in [-0.25, -0.2) is 0 Å². The maximum atomic E-state index is 6.76. The third kappa shape index (κ3) is 4.21. The number of halogens is 1. The fourth-order valence-electron chi connectivity index (χ4n) is 3.61. The topological polar surface area (TPSA) is 6.48 Å². The first-order valence-corrected chi connectivity index (χ1v) is 8.42. The molecule has 0 saturated carbocycles. The van der Waals surface area contributed by atoms with Crippen LogP contribution in [0.1, 0.15) is 40.5 Å². The van der Waals surface area contributed by atoms with Crippen LogP contribution >= 0.6 is 11.6 Å². The summed E-state index contributed by atoms with van der Waals surface area (Å²) in [6.07, 6.45) is 2.50. The van der Waals surface area contributed by atoms with Crippen molar-refractivity contribution in [1.82, 2.24) is 9.80 Å². The molecule has 0 aromatic heterocycles. The standard InChI is InChI=1S/C18H29ClN2/c1-13-10-14(2)18(15(3)11-13)17(19)12-21(5)16-6-8-20(4)9-7-16/h10-11,16-17H,6-9,12H2,1-5H3. The maximum Gasteiger partial charge on any atom is 0.0717 e. The number of likely N-dealkylation sites (N-methyl/N-ethyl adjacent to an activating group) is 1. The zero-order chi connectivity index (χ0) is 15.6. The first kappa shape index (κ1) is 16.8. The second-order valence-electron chi connectivity index (χ2n) is 6.75. The third-order valence-corrected chi connectivity index (χ3v) is 5.17. The molecule has 0 N–H and O–H groups in total. The van der Waals surface area contributed by atoms with Gasteiger partial charge in [0.25, 0.3) is 0 Å². The van der Waals surface area contributed by atoms with Gasteiger partial charge in [0, 0.05) is 12.6 Å². The van der Waals surface area contributed by atoms with E-state index in [1.54, 1.807) is 0 Å². The summed E-state index contributed by atoms with van der Waals surface area (Å²) in [7, 11) is 4.43. The van der Waals surface area contributed by atoms with Crippen LogP contribution in [0.25, 0.3) is 0 Å². The lowest BCUT2D eigenvalue weighted by atomic mass is 9.96. The number of piperidine rings is 1. The van der Waals surface area contributed by atoms with Gasteiger partial charge in [-0.3, -0.25) is 0 Å². The molecule has 0 amide bonds. The van der Waals surface area contributed by atoms with Gasteiger partial charge in [0.1, 0.15) is 0 Å². The fourth-order valence-corrected chi connectivity index (χ4v) is 4.18. The van der Waals surface area contributed by atoms with E-state index in [2.05, 4.69) is 56.8 Å². The molecular weight excluding hydrogens is 280 g/mol. The predicted molar refractivity (Wildman–Crippen MR) is 92.4 cm³/mol. The number of aryl methyl sites for hydroxylation is 3. The van der Waals surface area contributed by atoms with Crippen LogP contribution < -0.4 is 0 Å². The van der Waals surface area contributed by atoms with Crippen molar-refractivity contribution < 1.29 is 0 Å². The Balaban J connectivity index is 2.02. The first-order chi connectivity index (χ1) is 9.88. The molecule has 1 aliphatic rings. The van der Waals surface area contributed by atoms with Crippen molar-refractivity contribution in [2.75, 3.05) is 33.7 Å². The number of likely N-dealkylation sites (tertiary alicyclic amines) is 1. The summed E-state index contributed by atoms with van der Waals surface area (Å²) in [5.74, 6) is 0. The Bertz CT molecular complexity index is 455. The summed E-state index contributed by atoms with van der Waals surface area (Å²) in [5, 5.41) is 0.0789. The number of hydrogen-bond donors (Lipinski definition) is 0. The Labute approximate surface area is 135 Å². The molecule has 2 nitrogen and oxygen atoms in total. The fraction of sp³-hybridized carbons (Fsp3) is 0.667. The zero-order valence-corrected chi connectivity index (χ0v) is 14.9. The van der Waals surface area contributed by atoms with Gasteiger partial charge in [0.15, 0.2) is 0 Å². The van der Waals surface area contributed by atoms with Crippen LogP contribution in [-0.2, 0) is 0 Å². The summed E-state index contributed by atoms with van der Waals surface area (Å²) >= 11 is 6.76. The van der Waals surface area contributed by atoms with E-state index < -0.39 is 0 Å². The highest BCUT2D eigenvalue weighted by atomic mass is 35.5. The van der Waals surface area contributed by atoms with E-state index in [1.807, 2.05) is 0 Å². The van der Waals surface area contributed by atoms with Crippen molar-refractivity contribution in [3.63, 3.8) is 0 Å². The van der Waals surface area contributed by atoms with Crippen molar-refractivity contribution in [2.45, 2.75) is 45.0 Å². The van der Waals surface area contributed by atoms with Crippen molar-refractivity contribution >= 4 is 11.6 Å². The average molecular weight is 309 g/mol. The van der Waals surface area contributed by atoms with Gasteiger partial charge >= 0.3 is 0 Å². The minimum absolute atomic E-state index is 0.0789. The zero-order valence-electron chi connectivity index (χ0n) is 14.1. The van der Waals surface area contributed by atoms with E-state index in [0.29, 0.717) is 6.04 Å². The van der Waals surface area contributed by atoms with E-state index in [0.717, 1.165) is 6.54 Å².